The lowest BCUT2D eigenvalue weighted by Gasteiger charge is -2.13. The van der Waals surface area contributed by atoms with Gasteiger partial charge in [0.15, 0.2) is 0 Å². The van der Waals surface area contributed by atoms with Crippen LogP contribution in [-0.2, 0) is 26.0 Å². The highest BCUT2D eigenvalue weighted by atomic mass is 79.9. The molecule has 0 aliphatic carbocycles. The second-order valence-electron chi connectivity index (χ2n) is 5.95. The first kappa shape index (κ1) is 21.1. The highest BCUT2D eigenvalue weighted by molar-refractivity contribution is 9.10. The first-order valence-corrected chi connectivity index (χ1v) is 11.2. The van der Waals surface area contributed by atoms with Gasteiger partial charge in [-0.3, -0.25) is 4.79 Å². The van der Waals surface area contributed by atoms with E-state index in [2.05, 4.69) is 25.7 Å². The van der Waals surface area contributed by atoms with Crippen LogP contribution in [0.25, 0.3) is 11.0 Å². The van der Waals surface area contributed by atoms with Gasteiger partial charge in [0.2, 0.25) is 0 Å². The minimum absolute atomic E-state index is 0.0287. The molecule has 0 aliphatic heterocycles. The smallest absolute Gasteiger partial charge is 0.305 e. The molecule has 0 saturated carbocycles. The standard InChI is InChI=1S/C18H15BrCl2N2O4S/c1-27-18(24)4-2-3-12-10-14-15(6-8-17(21)22-14)23(12)28(25,26)16-7-5-11(19)9-13(16)20/h5-10H,2-4H2,1H3. The molecule has 0 bridgehead atoms. The highest BCUT2D eigenvalue weighted by Crippen LogP contribution is 2.31. The maximum atomic E-state index is 13.4. The van der Waals surface area contributed by atoms with Gasteiger partial charge in [-0.25, -0.2) is 17.4 Å². The first-order chi connectivity index (χ1) is 13.2. The Morgan fingerprint density at radius 1 is 1.21 bits per heavy atom. The molecule has 0 fully saturated rings. The highest BCUT2D eigenvalue weighted by Gasteiger charge is 2.26. The van der Waals surface area contributed by atoms with Crippen molar-refractivity contribution in [3.63, 3.8) is 0 Å². The van der Waals surface area contributed by atoms with E-state index in [-0.39, 0.29) is 27.5 Å². The summed E-state index contributed by atoms with van der Waals surface area (Å²) in [6, 6.07) is 9.34. The van der Waals surface area contributed by atoms with Crippen LogP contribution in [0.4, 0.5) is 0 Å². The molecular weight excluding hydrogens is 491 g/mol. The Morgan fingerprint density at radius 2 is 1.96 bits per heavy atom. The molecule has 1 aromatic carbocycles. The van der Waals surface area contributed by atoms with Gasteiger partial charge in [-0.15, -0.1) is 0 Å². The fraction of sp³-hybridized carbons (Fsp3) is 0.222. The number of rotatable bonds is 6. The molecule has 148 valence electrons. The van der Waals surface area contributed by atoms with Gasteiger partial charge in [0.25, 0.3) is 10.0 Å². The lowest BCUT2D eigenvalue weighted by atomic mass is 10.2. The summed E-state index contributed by atoms with van der Waals surface area (Å²) in [5.41, 5.74) is 1.31. The topological polar surface area (TPSA) is 78.3 Å². The summed E-state index contributed by atoms with van der Waals surface area (Å²) in [4.78, 5) is 15.6. The van der Waals surface area contributed by atoms with Crippen molar-refractivity contribution in [2.75, 3.05) is 7.11 Å². The number of aromatic nitrogens is 2. The number of nitrogens with zero attached hydrogens (tertiary/aromatic N) is 2. The number of esters is 1. The summed E-state index contributed by atoms with van der Waals surface area (Å²) >= 11 is 15.4. The summed E-state index contributed by atoms with van der Waals surface area (Å²) in [5, 5.41) is 0.350. The maximum absolute atomic E-state index is 13.4. The number of halogens is 3. The first-order valence-electron chi connectivity index (χ1n) is 8.18. The Balaban J connectivity index is 2.14. The molecule has 0 amide bonds. The number of ether oxygens (including phenoxy) is 1. The van der Waals surface area contributed by atoms with Crippen LogP contribution in [0.15, 0.2) is 45.8 Å². The summed E-state index contributed by atoms with van der Waals surface area (Å²) in [6.45, 7) is 0. The van der Waals surface area contributed by atoms with Crippen molar-refractivity contribution in [3.05, 3.63) is 56.7 Å². The number of carbonyl (C=O) groups is 1. The SMILES string of the molecule is COC(=O)CCCc1cc2nc(Cl)ccc2n1S(=O)(=O)c1ccc(Br)cc1Cl. The van der Waals surface area contributed by atoms with Crippen molar-refractivity contribution in [1.82, 2.24) is 8.96 Å². The van der Waals surface area contributed by atoms with Crippen LogP contribution in [0, 0.1) is 0 Å². The predicted molar refractivity (Wildman–Crippen MR) is 111 cm³/mol. The molecule has 3 rings (SSSR count). The number of fused-ring (bicyclic) bond motifs is 1. The quantitative estimate of drug-likeness (QED) is 0.354. The van der Waals surface area contributed by atoms with Crippen LogP contribution >= 0.6 is 39.1 Å². The van der Waals surface area contributed by atoms with E-state index in [0.717, 1.165) is 0 Å². The number of carbonyl (C=O) groups excluding carboxylic acids is 1. The zero-order chi connectivity index (χ0) is 20.5. The van der Waals surface area contributed by atoms with Crippen molar-refractivity contribution in [1.29, 1.82) is 0 Å². The average Bonchev–Trinajstić information content (AvgIpc) is 2.99. The van der Waals surface area contributed by atoms with E-state index in [4.69, 9.17) is 23.2 Å². The van der Waals surface area contributed by atoms with E-state index in [1.54, 1.807) is 18.2 Å². The van der Waals surface area contributed by atoms with Crippen molar-refractivity contribution in [3.8, 4) is 0 Å². The van der Waals surface area contributed by atoms with Crippen LogP contribution in [0.3, 0.4) is 0 Å². The second-order valence-corrected chi connectivity index (χ2v) is 9.41. The van der Waals surface area contributed by atoms with Gasteiger partial charge in [0, 0.05) is 16.6 Å². The third-order valence-electron chi connectivity index (χ3n) is 4.11. The molecule has 2 heterocycles. The monoisotopic (exact) mass is 504 g/mol. The third kappa shape index (κ3) is 4.20. The molecule has 6 nitrogen and oxygen atoms in total. The van der Waals surface area contributed by atoms with Gasteiger partial charge in [-0.2, -0.15) is 0 Å². The Hall–Kier alpha value is -1.61. The van der Waals surface area contributed by atoms with Crippen LogP contribution in [0.5, 0.6) is 0 Å². The number of aryl methyl sites for hydroxylation is 1. The number of hydrogen-bond donors (Lipinski definition) is 0. The molecular formula is C18H15BrCl2N2O4S. The molecule has 0 atom stereocenters. The lowest BCUT2D eigenvalue weighted by molar-refractivity contribution is -0.140. The predicted octanol–water partition coefficient (Wildman–Crippen LogP) is 4.84. The Kier molecular flexibility index (Phi) is 6.34. The van der Waals surface area contributed by atoms with Crippen LogP contribution in [-0.4, -0.2) is 30.5 Å². The maximum Gasteiger partial charge on any atom is 0.305 e. The molecule has 0 unspecified atom stereocenters. The third-order valence-corrected chi connectivity index (χ3v) is 7.06. The van der Waals surface area contributed by atoms with E-state index in [0.29, 0.717) is 34.0 Å². The minimum atomic E-state index is -4.00. The Morgan fingerprint density at radius 3 is 2.64 bits per heavy atom. The number of methoxy groups -OCH3 is 1. The fourth-order valence-electron chi connectivity index (χ4n) is 2.85. The Bertz CT molecular complexity index is 1160. The van der Waals surface area contributed by atoms with Crippen molar-refractivity contribution >= 4 is 66.2 Å². The van der Waals surface area contributed by atoms with E-state index >= 15 is 0 Å². The van der Waals surface area contributed by atoms with Crippen LogP contribution < -0.4 is 0 Å². The van der Waals surface area contributed by atoms with Gasteiger partial charge in [0.05, 0.1) is 23.2 Å². The van der Waals surface area contributed by atoms with Gasteiger partial charge >= 0.3 is 5.97 Å². The Labute approximate surface area is 180 Å². The van der Waals surface area contributed by atoms with Crippen molar-refractivity contribution in [2.24, 2.45) is 0 Å². The summed E-state index contributed by atoms with van der Waals surface area (Å²) in [5.74, 6) is -0.359. The molecule has 0 N–H and O–H groups in total. The van der Waals surface area contributed by atoms with Crippen LogP contribution in [0.1, 0.15) is 18.5 Å². The zero-order valence-corrected chi connectivity index (χ0v) is 18.6. The molecule has 0 spiro atoms. The van der Waals surface area contributed by atoms with Crippen molar-refractivity contribution in [2.45, 2.75) is 24.2 Å². The number of pyridine rings is 1. The van der Waals surface area contributed by atoms with Gasteiger partial charge in [-0.1, -0.05) is 39.1 Å². The molecule has 0 saturated heterocycles. The summed E-state index contributed by atoms with van der Waals surface area (Å²) in [7, 11) is -2.69. The molecule has 0 aliphatic rings. The largest absolute Gasteiger partial charge is 0.469 e. The van der Waals surface area contributed by atoms with E-state index in [1.807, 2.05) is 0 Å². The fourth-order valence-corrected chi connectivity index (χ4v) is 5.58. The molecule has 10 heteroatoms. The zero-order valence-electron chi connectivity index (χ0n) is 14.7. The molecule has 28 heavy (non-hydrogen) atoms. The van der Waals surface area contributed by atoms with Crippen molar-refractivity contribution < 1.29 is 17.9 Å². The minimum Gasteiger partial charge on any atom is -0.469 e. The van der Waals surface area contributed by atoms with E-state index < -0.39 is 10.0 Å². The lowest BCUT2D eigenvalue weighted by Crippen LogP contribution is -2.16. The summed E-state index contributed by atoms with van der Waals surface area (Å²) in [6.07, 6.45) is 0.919. The second kappa shape index (κ2) is 8.41. The number of hydrogen-bond acceptors (Lipinski definition) is 5. The van der Waals surface area contributed by atoms with E-state index in [9.17, 15) is 13.2 Å². The molecule has 3 aromatic rings. The van der Waals surface area contributed by atoms with Gasteiger partial charge in [0.1, 0.15) is 10.0 Å². The van der Waals surface area contributed by atoms with Crippen LogP contribution in [0.2, 0.25) is 10.2 Å². The number of benzene rings is 1. The normalized spacial score (nSPS) is 11.7. The van der Waals surface area contributed by atoms with E-state index in [1.165, 1.54) is 29.3 Å². The molecule has 2 aromatic heterocycles. The van der Waals surface area contributed by atoms with Gasteiger partial charge in [-0.05, 0) is 49.2 Å². The summed E-state index contributed by atoms with van der Waals surface area (Å²) < 4.78 is 33.3. The average molecular weight is 506 g/mol. The van der Waals surface area contributed by atoms with Gasteiger partial charge < -0.3 is 4.74 Å². The molecule has 0 radical (unpaired) electrons.